The summed E-state index contributed by atoms with van der Waals surface area (Å²) in [5.74, 6) is 2.67. The fraction of sp³-hybridized carbons (Fsp3) is 0.286. The van der Waals surface area contributed by atoms with Crippen molar-refractivity contribution in [2.24, 2.45) is 5.92 Å². The minimum absolute atomic E-state index is 0.00464. The molecule has 86 valence electrons. The van der Waals surface area contributed by atoms with E-state index >= 15 is 0 Å². The maximum atomic E-state index is 11.7. The smallest absolute Gasteiger partial charge is 0.228 e. The molecule has 0 aliphatic carbocycles. The van der Waals surface area contributed by atoms with Crippen LogP contribution in [0.25, 0.3) is 0 Å². The third-order valence-electron chi connectivity index (χ3n) is 2.95. The number of rotatable bonds is 2. The van der Waals surface area contributed by atoms with E-state index in [4.69, 9.17) is 6.42 Å². The van der Waals surface area contributed by atoms with E-state index in [2.05, 4.69) is 5.92 Å². The van der Waals surface area contributed by atoms with Gasteiger partial charge in [-0.3, -0.25) is 9.59 Å². The van der Waals surface area contributed by atoms with E-state index in [0.717, 1.165) is 5.69 Å². The topological polar surface area (TPSA) is 37.4 Å². The first-order chi connectivity index (χ1) is 8.11. The van der Waals surface area contributed by atoms with Gasteiger partial charge in [0.2, 0.25) is 5.91 Å². The maximum Gasteiger partial charge on any atom is 0.228 e. The highest BCUT2D eigenvalue weighted by Gasteiger charge is 2.29. The highest BCUT2D eigenvalue weighted by molar-refractivity contribution is 5.98. The van der Waals surface area contributed by atoms with Crippen LogP contribution in [0.2, 0.25) is 0 Å². The highest BCUT2D eigenvalue weighted by atomic mass is 16.2. The second-order valence-electron chi connectivity index (χ2n) is 4.18. The average Bonchev–Trinajstić information content (AvgIpc) is 2.71. The van der Waals surface area contributed by atoms with Gasteiger partial charge < -0.3 is 4.90 Å². The predicted molar refractivity (Wildman–Crippen MR) is 65.7 cm³/mol. The van der Waals surface area contributed by atoms with Crippen molar-refractivity contribution >= 4 is 17.4 Å². The largest absolute Gasteiger partial charge is 0.311 e. The van der Waals surface area contributed by atoms with Gasteiger partial charge in [0.05, 0.1) is 0 Å². The third-order valence-corrected chi connectivity index (χ3v) is 2.95. The Bertz CT molecular complexity index is 496. The lowest BCUT2D eigenvalue weighted by Gasteiger charge is -2.15. The Morgan fingerprint density at radius 1 is 1.41 bits per heavy atom. The minimum atomic E-state index is -0.00464. The van der Waals surface area contributed by atoms with Crippen LogP contribution in [0, 0.1) is 18.3 Å². The quantitative estimate of drug-likeness (QED) is 0.571. The molecule has 0 aromatic heterocycles. The zero-order valence-corrected chi connectivity index (χ0v) is 9.64. The van der Waals surface area contributed by atoms with Gasteiger partial charge in [-0.1, -0.05) is 0 Å². The predicted octanol–water partition coefficient (Wildman–Crippen LogP) is 1.88. The number of anilines is 1. The zero-order valence-electron chi connectivity index (χ0n) is 9.64. The molecule has 1 aromatic carbocycles. The molecule has 1 aromatic rings. The third kappa shape index (κ3) is 2.21. The van der Waals surface area contributed by atoms with Gasteiger partial charge in [0.25, 0.3) is 0 Å². The van der Waals surface area contributed by atoms with Crippen molar-refractivity contribution in [1.82, 2.24) is 0 Å². The number of hydrogen-bond donors (Lipinski definition) is 0. The van der Waals surface area contributed by atoms with Gasteiger partial charge in [-0.25, -0.2) is 0 Å². The first-order valence-electron chi connectivity index (χ1n) is 5.49. The molecule has 0 bridgehead atoms. The van der Waals surface area contributed by atoms with Crippen LogP contribution in [0.5, 0.6) is 0 Å². The van der Waals surface area contributed by atoms with Crippen LogP contribution in [0.3, 0.4) is 0 Å². The molecule has 1 saturated heterocycles. The fourth-order valence-electron chi connectivity index (χ4n) is 1.94. The summed E-state index contributed by atoms with van der Waals surface area (Å²) in [6.45, 7) is 2.08. The van der Waals surface area contributed by atoms with Gasteiger partial charge in [-0.2, -0.15) is 0 Å². The minimum Gasteiger partial charge on any atom is -0.311 e. The van der Waals surface area contributed by atoms with Crippen molar-refractivity contribution in [2.75, 3.05) is 11.4 Å². The number of ketones is 1. The number of Topliss-reactive ketones (excluding diaryl/α,β-unsaturated/α-hetero) is 1. The molecule has 3 nitrogen and oxygen atoms in total. The molecular formula is C14H13NO2. The number of nitrogens with zero attached hydrogens (tertiary/aromatic N) is 1. The molecule has 1 amide bonds. The molecule has 1 heterocycles. The van der Waals surface area contributed by atoms with Crippen LogP contribution in [-0.2, 0) is 4.79 Å². The summed E-state index contributed by atoms with van der Waals surface area (Å²) in [4.78, 5) is 24.5. The van der Waals surface area contributed by atoms with Crippen molar-refractivity contribution in [1.29, 1.82) is 0 Å². The van der Waals surface area contributed by atoms with E-state index in [1.165, 1.54) is 6.92 Å². The molecular weight excluding hydrogens is 214 g/mol. The Morgan fingerprint density at radius 2 is 2.06 bits per heavy atom. The number of amides is 1. The Kier molecular flexibility index (Phi) is 2.97. The highest BCUT2D eigenvalue weighted by Crippen LogP contribution is 2.24. The molecule has 17 heavy (non-hydrogen) atoms. The lowest BCUT2D eigenvalue weighted by Crippen LogP contribution is -2.24. The summed E-state index contributed by atoms with van der Waals surface area (Å²) in [6.07, 6.45) is 5.73. The van der Waals surface area contributed by atoms with Gasteiger partial charge in [0.1, 0.15) is 0 Å². The van der Waals surface area contributed by atoms with Crippen molar-refractivity contribution in [3.8, 4) is 12.3 Å². The molecule has 3 heteroatoms. The number of hydrogen-bond acceptors (Lipinski definition) is 2. The standard InChI is InChI=1S/C14H13NO2/c1-3-11-8-14(17)15(9-11)13-6-4-12(5-7-13)10(2)16/h1,4-7,11H,8-9H2,2H3. The SMILES string of the molecule is C#CC1CC(=O)N(c2ccc(C(C)=O)cc2)C1. The molecule has 2 rings (SSSR count). The van der Waals surface area contributed by atoms with E-state index in [1.807, 2.05) is 0 Å². The molecule has 0 radical (unpaired) electrons. The van der Waals surface area contributed by atoms with Crippen LogP contribution < -0.4 is 4.90 Å². The van der Waals surface area contributed by atoms with Crippen LogP contribution in [0.15, 0.2) is 24.3 Å². The molecule has 1 fully saturated rings. The molecule has 1 aliphatic rings. The van der Waals surface area contributed by atoms with Gasteiger partial charge >= 0.3 is 0 Å². The normalized spacial score (nSPS) is 19.2. The van der Waals surface area contributed by atoms with E-state index in [1.54, 1.807) is 29.2 Å². The molecule has 1 unspecified atom stereocenters. The van der Waals surface area contributed by atoms with E-state index < -0.39 is 0 Å². The maximum absolute atomic E-state index is 11.7. The first-order valence-corrected chi connectivity index (χ1v) is 5.49. The lowest BCUT2D eigenvalue weighted by atomic mass is 10.1. The summed E-state index contributed by atoms with van der Waals surface area (Å²) in [7, 11) is 0. The lowest BCUT2D eigenvalue weighted by molar-refractivity contribution is -0.117. The summed E-state index contributed by atoms with van der Waals surface area (Å²) in [5.41, 5.74) is 1.45. The van der Waals surface area contributed by atoms with Crippen LogP contribution in [0.4, 0.5) is 5.69 Å². The van der Waals surface area contributed by atoms with Crippen LogP contribution in [-0.4, -0.2) is 18.2 Å². The number of carbonyl (C=O) groups excluding carboxylic acids is 2. The Balaban J connectivity index is 2.21. The van der Waals surface area contributed by atoms with Gasteiger partial charge in [-0.05, 0) is 31.2 Å². The molecule has 1 aliphatic heterocycles. The van der Waals surface area contributed by atoms with E-state index in [9.17, 15) is 9.59 Å². The molecule has 0 N–H and O–H groups in total. The van der Waals surface area contributed by atoms with Crippen molar-refractivity contribution in [3.63, 3.8) is 0 Å². The van der Waals surface area contributed by atoms with Gasteiger partial charge in [0, 0.05) is 30.1 Å². The van der Waals surface area contributed by atoms with Crippen molar-refractivity contribution < 1.29 is 9.59 Å². The Morgan fingerprint density at radius 3 is 2.53 bits per heavy atom. The first kappa shape index (κ1) is 11.4. The van der Waals surface area contributed by atoms with E-state index in [0.29, 0.717) is 18.5 Å². The Hall–Kier alpha value is -2.08. The second kappa shape index (κ2) is 4.42. The summed E-state index contributed by atoms with van der Waals surface area (Å²) in [5, 5.41) is 0. The van der Waals surface area contributed by atoms with Crippen LogP contribution >= 0.6 is 0 Å². The number of benzene rings is 1. The monoisotopic (exact) mass is 227 g/mol. The molecule has 1 atom stereocenters. The second-order valence-corrected chi connectivity index (χ2v) is 4.18. The summed E-state index contributed by atoms with van der Waals surface area (Å²) >= 11 is 0. The average molecular weight is 227 g/mol. The van der Waals surface area contributed by atoms with Gasteiger partial charge in [0.15, 0.2) is 5.78 Å². The van der Waals surface area contributed by atoms with Gasteiger partial charge in [-0.15, -0.1) is 12.3 Å². The van der Waals surface area contributed by atoms with Crippen molar-refractivity contribution in [2.45, 2.75) is 13.3 Å². The Labute approximate surface area is 100 Å². The molecule has 0 saturated carbocycles. The fourth-order valence-corrected chi connectivity index (χ4v) is 1.94. The van der Waals surface area contributed by atoms with Crippen molar-refractivity contribution in [3.05, 3.63) is 29.8 Å². The summed E-state index contributed by atoms with van der Waals surface area (Å²) in [6, 6.07) is 7.03. The molecule has 0 spiro atoms. The summed E-state index contributed by atoms with van der Waals surface area (Å²) < 4.78 is 0. The number of terminal acetylenes is 1. The van der Waals surface area contributed by atoms with Crippen LogP contribution in [0.1, 0.15) is 23.7 Å². The van der Waals surface area contributed by atoms with E-state index in [-0.39, 0.29) is 17.6 Å². The number of carbonyl (C=O) groups is 2. The zero-order chi connectivity index (χ0) is 12.4.